The number of nitrogens with zero attached hydrogens (tertiary/aromatic N) is 3. The molecular weight excluding hydrogens is 397 g/mol. The highest BCUT2D eigenvalue weighted by molar-refractivity contribution is 5.93. The highest BCUT2D eigenvalue weighted by Gasteiger charge is 2.21. The van der Waals surface area contributed by atoms with Crippen LogP contribution < -0.4 is 10.3 Å². The van der Waals surface area contributed by atoms with Crippen LogP contribution in [0.25, 0.3) is 17.0 Å². The standard InChI is InChI=1S/C24H24FN3O3/c1-3-16-4-6-17(7-5-16)14-28-15-19(24(30)31)23(29)18-12-20(25)22(13-21(18)28)27-10-8-26(2)9-11-27/h3-7,12-13,15H,1,8-11,14H2,2H3,(H,30,31). The molecule has 6 nitrogen and oxygen atoms in total. The molecule has 0 unspecified atom stereocenters. The number of carbonyl (C=O) groups is 1. The van der Waals surface area contributed by atoms with Gasteiger partial charge in [0.05, 0.1) is 11.2 Å². The van der Waals surface area contributed by atoms with E-state index in [0.29, 0.717) is 30.8 Å². The largest absolute Gasteiger partial charge is 0.477 e. The summed E-state index contributed by atoms with van der Waals surface area (Å²) in [6.45, 7) is 7.09. The molecule has 0 amide bonds. The summed E-state index contributed by atoms with van der Waals surface area (Å²) >= 11 is 0. The fourth-order valence-corrected chi connectivity index (χ4v) is 3.93. The van der Waals surface area contributed by atoms with E-state index >= 15 is 0 Å². The first-order valence-corrected chi connectivity index (χ1v) is 10.1. The van der Waals surface area contributed by atoms with E-state index in [1.165, 1.54) is 12.3 Å². The van der Waals surface area contributed by atoms with E-state index in [4.69, 9.17) is 0 Å². The van der Waals surface area contributed by atoms with E-state index in [1.54, 1.807) is 16.7 Å². The Morgan fingerprint density at radius 1 is 1.16 bits per heavy atom. The van der Waals surface area contributed by atoms with Gasteiger partial charge in [-0.15, -0.1) is 0 Å². The number of aromatic nitrogens is 1. The number of aromatic carboxylic acids is 1. The van der Waals surface area contributed by atoms with Crippen LogP contribution in [0.2, 0.25) is 0 Å². The van der Waals surface area contributed by atoms with Gasteiger partial charge >= 0.3 is 5.97 Å². The number of fused-ring (bicyclic) bond motifs is 1. The molecule has 160 valence electrons. The molecule has 1 fully saturated rings. The molecule has 7 heteroatoms. The number of carboxylic acid groups (broad SMARTS) is 1. The second-order valence-electron chi connectivity index (χ2n) is 7.86. The monoisotopic (exact) mass is 421 g/mol. The molecule has 4 rings (SSSR count). The Bertz CT molecular complexity index is 1210. The summed E-state index contributed by atoms with van der Waals surface area (Å²) in [7, 11) is 2.02. The Labute approximate surface area is 179 Å². The number of hydrogen-bond acceptors (Lipinski definition) is 4. The van der Waals surface area contributed by atoms with Gasteiger partial charge < -0.3 is 19.5 Å². The molecule has 1 aliphatic rings. The Kier molecular flexibility index (Phi) is 5.61. The van der Waals surface area contributed by atoms with Crippen molar-refractivity contribution >= 4 is 28.6 Å². The highest BCUT2D eigenvalue weighted by Crippen LogP contribution is 2.26. The first-order valence-electron chi connectivity index (χ1n) is 10.1. The minimum atomic E-state index is -1.33. The van der Waals surface area contributed by atoms with Gasteiger partial charge in [0.1, 0.15) is 11.4 Å². The van der Waals surface area contributed by atoms with E-state index in [-0.39, 0.29) is 10.9 Å². The summed E-state index contributed by atoms with van der Waals surface area (Å²) < 4.78 is 16.7. The Morgan fingerprint density at radius 3 is 2.45 bits per heavy atom. The first-order chi connectivity index (χ1) is 14.9. The van der Waals surface area contributed by atoms with Crippen molar-refractivity contribution < 1.29 is 14.3 Å². The molecule has 0 saturated carbocycles. The van der Waals surface area contributed by atoms with Gasteiger partial charge in [0, 0.05) is 44.3 Å². The van der Waals surface area contributed by atoms with E-state index in [0.717, 1.165) is 24.2 Å². The van der Waals surface area contributed by atoms with Crippen molar-refractivity contribution in [2.75, 3.05) is 38.1 Å². The lowest BCUT2D eigenvalue weighted by atomic mass is 10.1. The molecule has 0 bridgehead atoms. The fourth-order valence-electron chi connectivity index (χ4n) is 3.93. The maximum Gasteiger partial charge on any atom is 0.341 e. The molecule has 1 N–H and O–H groups in total. The zero-order valence-corrected chi connectivity index (χ0v) is 17.3. The van der Waals surface area contributed by atoms with Crippen molar-refractivity contribution in [3.05, 3.63) is 81.9 Å². The van der Waals surface area contributed by atoms with Crippen LogP contribution in [0.4, 0.5) is 10.1 Å². The van der Waals surface area contributed by atoms with Crippen molar-refractivity contribution in [1.82, 2.24) is 9.47 Å². The van der Waals surface area contributed by atoms with Gasteiger partial charge in [-0.1, -0.05) is 36.9 Å². The molecule has 31 heavy (non-hydrogen) atoms. The molecule has 2 aromatic carbocycles. The normalized spacial score (nSPS) is 14.7. The predicted molar refractivity (Wildman–Crippen MR) is 120 cm³/mol. The first kappa shape index (κ1) is 20.8. The third kappa shape index (κ3) is 4.09. The van der Waals surface area contributed by atoms with E-state index in [9.17, 15) is 19.1 Å². The van der Waals surface area contributed by atoms with Crippen LogP contribution in [0, 0.1) is 5.82 Å². The van der Waals surface area contributed by atoms with Gasteiger partial charge in [0.15, 0.2) is 0 Å². The summed E-state index contributed by atoms with van der Waals surface area (Å²) in [6.07, 6.45) is 3.09. The maximum atomic E-state index is 15.0. The van der Waals surface area contributed by atoms with E-state index in [1.807, 2.05) is 36.2 Å². The lowest BCUT2D eigenvalue weighted by Crippen LogP contribution is -2.44. The summed E-state index contributed by atoms with van der Waals surface area (Å²) in [5, 5.41) is 9.57. The number of anilines is 1. The van der Waals surface area contributed by atoms with Gasteiger partial charge in [-0.3, -0.25) is 4.79 Å². The molecule has 0 spiro atoms. The molecule has 1 aromatic heterocycles. The SMILES string of the molecule is C=Cc1ccc(Cn2cc(C(=O)O)c(=O)c3cc(F)c(N4CCN(C)CC4)cc32)cc1. The van der Waals surface area contributed by atoms with Crippen LogP contribution >= 0.6 is 0 Å². The number of hydrogen-bond donors (Lipinski definition) is 1. The van der Waals surface area contributed by atoms with Crippen molar-refractivity contribution in [3.63, 3.8) is 0 Å². The highest BCUT2D eigenvalue weighted by atomic mass is 19.1. The Morgan fingerprint density at radius 2 is 1.84 bits per heavy atom. The Balaban J connectivity index is 1.86. The van der Waals surface area contributed by atoms with Crippen molar-refractivity contribution in [2.45, 2.75) is 6.54 Å². The van der Waals surface area contributed by atoms with Crippen LogP contribution in [-0.4, -0.2) is 53.8 Å². The number of halogens is 1. The third-order valence-corrected chi connectivity index (χ3v) is 5.79. The lowest BCUT2D eigenvalue weighted by molar-refractivity contribution is 0.0695. The lowest BCUT2D eigenvalue weighted by Gasteiger charge is -2.34. The molecule has 0 aliphatic carbocycles. The summed E-state index contributed by atoms with van der Waals surface area (Å²) in [5.74, 6) is -1.84. The topological polar surface area (TPSA) is 65.8 Å². The quantitative estimate of drug-likeness (QED) is 0.685. The van der Waals surface area contributed by atoms with Crippen molar-refractivity contribution in [3.8, 4) is 0 Å². The molecule has 2 heterocycles. The third-order valence-electron chi connectivity index (χ3n) is 5.79. The fraction of sp³-hybridized carbons (Fsp3) is 0.250. The zero-order valence-electron chi connectivity index (χ0n) is 17.3. The number of likely N-dealkylation sites (N-methyl/N-ethyl adjacent to an activating group) is 1. The maximum absolute atomic E-state index is 15.0. The van der Waals surface area contributed by atoms with Crippen molar-refractivity contribution in [2.24, 2.45) is 0 Å². The summed E-state index contributed by atoms with van der Waals surface area (Å²) in [6, 6.07) is 10.5. The average Bonchev–Trinajstić information content (AvgIpc) is 2.76. The second-order valence-corrected chi connectivity index (χ2v) is 7.86. The molecule has 0 radical (unpaired) electrons. The van der Waals surface area contributed by atoms with Crippen LogP contribution in [0.5, 0.6) is 0 Å². The van der Waals surface area contributed by atoms with E-state index in [2.05, 4.69) is 11.5 Å². The van der Waals surface area contributed by atoms with E-state index < -0.39 is 17.2 Å². The number of rotatable bonds is 5. The molecule has 1 aliphatic heterocycles. The summed E-state index contributed by atoms with van der Waals surface area (Å²) in [4.78, 5) is 28.5. The molecular formula is C24H24FN3O3. The Hall–Kier alpha value is -3.45. The van der Waals surface area contributed by atoms with Crippen LogP contribution in [0.3, 0.4) is 0 Å². The second kappa shape index (κ2) is 8.35. The van der Waals surface area contributed by atoms with Gasteiger partial charge in [-0.25, -0.2) is 9.18 Å². The minimum absolute atomic E-state index is 0.0676. The van der Waals surface area contributed by atoms with Gasteiger partial charge in [-0.05, 0) is 30.3 Å². The predicted octanol–water partition coefficient (Wildman–Crippen LogP) is 3.28. The number of piperazine rings is 1. The summed E-state index contributed by atoms with van der Waals surface area (Å²) in [5.41, 5.74) is 1.79. The minimum Gasteiger partial charge on any atom is -0.477 e. The van der Waals surface area contributed by atoms with Gasteiger partial charge in [0.25, 0.3) is 0 Å². The van der Waals surface area contributed by atoms with Crippen LogP contribution in [0.15, 0.2) is 54.0 Å². The number of pyridine rings is 1. The number of carboxylic acids is 1. The molecule has 3 aromatic rings. The van der Waals surface area contributed by atoms with Gasteiger partial charge in [0.2, 0.25) is 5.43 Å². The average molecular weight is 421 g/mol. The van der Waals surface area contributed by atoms with Gasteiger partial charge in [-0.2, -0.15) is 0 Å². The van der Waals surface area contributed by atoms with Crippen LogP contribution in [-0.2, 0) is 6.54 Å². The van der Waals surface area contributed by atoms with Crippen LogP contribution in [0.1, 0.15) is 21.5 Å². The van der Waals surface area contributed by atoms with Crippen molar-refractivity contribution in [1.29, 1.82) is 0 Å². The zero-order chi connectivity index (χ0) is 22.1. The smallest absolute Gasteiger partial charge is 0.341 e. The molecule has 1 saturated heterocycles. The number of benzene rings is 2. The molecule has 0 atom stereocenters.